The second kappa shape index (κ2) is 27.8. The van der Waals surface area contributed by atoms with Crippen LogP contribution in [0.25, 0.3) is 138 Å². The van der Waals surface area contributed by atoms with Gasteiger partial charge in [0.15, 0.2) is 0 Å². The molecule has 618 valence electrons. The van der Waals surface area contributed by atoms with Crippen molar-refractivity contribution in [3.8, 4) is 50.4 Å². The molecule has 0 bridgehead atoms. The van der Waals surface area contributed by atoms with Crippen LogP contribution in [0.1, 0.15) is 184 Å². The van der Waals surface area contributed by atoms with E-state index in [1.165, 1.54) is 98.7 Å². The first-order valence-electron chi connectivity index (χ1n) is 45.1. The summed E-state index contributed by atoms with van der Waals surface area (Å²) in [5, 5.41) is 9.53. The van der Waals surface area contributed by atoms with Gasteiger partial charge in [0.1, 0.15) is 11.2 Å². The maximum absolute atomic E-state index is 7.28. The van der Waals surface area contributed by atoms with Crippen molar-refractivity contribution in [3.63, 3.8) is 0 Å². The number of furan rings is 1. The maximum Gasteiger partial charge on any atom is 0.252 e. The van der Waals surface area contributed by atoms with Crippen molar-refractivity contribution in [1.29, 1.82) is 0 Å². The average Bonchev–Trinajstić information content (AvgIpc) is 0.715. The zero-order valence-corrected chi connectivity index (χ0v) is 76.5. The third kappa shape index (κ3) is 12.8. The monoisotopic (exact) mass is 1630 g/mol. The van der Waals surface area contributed by atoms with Crippen LogP contribution in [0.5, 0.6) is 0 Å². The summed E-state index contributed by atoms with van der Waals surface area (Å²) in [6, 6.07) is 116. The summed E-state index contributed by atoms with van der Waals surface area (Å²) in [5.74, 6) is 0. The predicted molar refractivity (Wildman–Crippen MR) is 538 cm³/mol. The van der Waals surface area contributed by atoms with E-state index in [9.17, 15) is 0 Å². The number of aromatic nitrogens is 3. The molecule has 0 aliphatic carbocycles. The van der Waals surface area contributed by atoms with Crippen LogP contribution >= 0.6 is 0 Å². The first-order valence-corrected chi connectivity index (χ1v) is 45.1. The minimum atomic E-state index is -0.352. The van der Waals surface area contributed by atoms with Crippen molar-refractivity contribution in [3.05, 3.63) is 336 Å². The van der Waals surface area contributed by atoms with Crippen LogP contribution in [-0.4, -0.2) is 20.4 Å². The summed E-state index contributed by atoms with van der Waals surface area (Å²) >= 11 is 0. The molecule has 7 heteroatoms. The van der Waals surface area contributed by atoms with Crippen LogP contribution in [0.4, 0.5) is 34.1 Å². The lowest BCUT2D eigenvalue weighted by Gasteiger charge is -2.46. The van der Waals surface area contributed by atoms with E-state index in [0.29, 0.717) is 0 Å². The van der Waals surface area contributed by atoms with Crippen LogP contribution < -0.4 is 26.2 Å². The van der Waals surface area contributed by atoms with Crippen LogP contribution in [-0.2, 0) is 37.9 Å². The van der Waals surface area contributed by atoms with E-state index in [1.807, 2.05) is 0 Å². The highest BCUT2D eigenvalue weighted by Crippen LogP contribution is 2.57. The molecule has 0 radical (unpaired) electrons. The van der Waals surface area contributed by atoms with Gasteiger partial charge in [-0.25, -0.2) is 0 Å². The smallest absolute Gasteiger partial charge is 0.252 e. The molecule has 6 nitrogen and oxygen atoms in total. The number of anilines is 6. The van der Waals surface area contributed by atoms with Crippen molar-refractivity contribution in [2.24, 2.45) is 0 Å². The minimum Gasteiger partial charge on any atom is -0.456 e. The number of para-hydroxylation sites is 1. The minimum absolute atomic E-state index is 0.0918. The first-order chi connectivity index (χ1) is 59.4. The van der Waals surface area contributed by atoms with E-state index < -0.39 is 0 Å². The van der Waals surface area contributed by atoms with Gasteiger partial charge in [0, 0.05) is 88.5 Å². The summed E-state index contributed by atoms with van der Waals surface area (Å²) in [6.07, 6.45) is 0. The molecule has 15 aromatic carbocycles. The molecule has 125 heavy (non-hydrogen) atoms. The van der Waals surface area contributed by atoms with Crippen molar-refractivity contribution in [2.45, 2.75) is 183 Å². The molecule has 0 saturated heterocycles. The molecular formula is C118H112BN5O. The van der Waals surface area contributed by atoms with Crippen LogP contribution in [0, 0.1) is 0 Å². The third-order valence-corrected chi connectivity index (χ3v) is 27.5. The quantitative estimate of drug-likeness (QED) is 0.142. The molecule has 2 aliphatic rings. The molecule has 19 aromatic rings. The predicted octanol–water partition coefficient (Wildman–Crippen LogP) is 31.0. The molecule has 4 aromatic heterocycles. The van der Waals surface area contributed by atoms with Crippen molar-refractivity contribution in [1.82, 2.24) is 13.7 Å². The topological polar surface area (TPSA) is 34.4 Å². The zero-order chi connectivity index (χ0) is 87.0. The number of fused-ring (bicyclic) bond motifs is 16. The molecule has 21 rings (SSSR count). The average molecular weight is 1630 g/mol. The van der Waals surface area contributed by atoms with Gasteiger partial charge >= 0.3 is 0 Å². The van der Waals surface area contributed by atoms with Gasteiger partial charge in [-0.3, -0.25) is 0 Å². The molecule has 0 atom stereocenters. The molecule has 6 heterocycles. The second-order valence-corrected chi connectivity index (χ2v) is 43.1. The van der Waals surface area contributed by atoms with E-state index in [4.69, 9.17) is 4.42 Å². The third-order valence-electron chi connectivity index (χ3n) is 27.5. The van der Waals surface area contributed by atoms with Gasteiger partial charge in [0.2, 0.25) is 0 Å². The molecule has 0 unspecified atom stereocenters. The van der Waals surface area contributed by atoms with E-state index in [2.05, 4.69) is 466 Å². The molecule has 0 N–H and O–H groups in total. The van der Waals surface area contributed by atoms with Crippen LogP contribution in [0.15, 0.2) is 302 Å². The summed E-state index contributed by atoms with van der Waals surface area (Å²) in [6.45, 7) is 49.0. The SMILES string of the molecule is CC(C)(C)c1cc(-c2ccccc2)c(N2c3cc(-n4c5ccc(C(C)(C)C)cc5c5cc(C(C)(C)C)ccc54)ccc3B3c4ccc(-n5c6ccc(C(C)(C)C)cc6c6cc(C(C)(C)C)ccc65)cc4N(c4c(-c5ccccc5)ccc5oc6ccccc6c45)c4cc(-n5c6ccc(C(C)(C)C)cc6c6cc(C(C)(C)C)ccc65)cc2c43)c(-c2ccccc2)c1. The number of hydrogen-bond donors (Lipinski definition) is 0. The van der Waals surface area contributed by atoms with Crippen LogP contribution in [0.3, 0.4) is 0 Å². The zero-order valence-electron chi connectivity index (χ0n) is 76.5. The summed E-state index contributed by atoms with van der Waals surface area (Å²) in [7, 11) is 0. The number of benzene rings is 15. The lowest BCUT2D eigenvalue weighted by molar-refractivity contribution is 0.590. The Morgan fingerprint density at radius 3 is 0.872 bits per heavy atom. The highest BCUT2D eigenvalue weighted by molar-refractivity contribution is 7.00. The number of hydrogen-bond acceptors (Lipinski definition) is 3. The normalized spacial score (nSPS) is 13.6. The molecule has 2 aliphatic heterocycles. The van der Waals surface area contributed by atoms with Gasteiger partial charge in [0.25, 0.3) is 6.71 Å². The summed E-state index contributed by atoms with van der Waals surface area (Å²) < 4.78 is 15.1. The van der Waals surface area contributed by atoms with Gasteiger partial charge in [0.05, 0.1) is 55.5 Å². The number of rotatable bonds is 8. The van der Waals surface area contributed by atoms with E-state index in [0.717, 1.165) is 129 Å². The van der Waals surface area contributed by atoms with Gasteiger partial charge in [-0.05, 0) is 249 Å². The lowest BCUT2D eigenvalue weighted by Crippen LogP contribution is -2.61. The highest BCUT2D eigenvalue weighted by atomic mass is 16.3. The summed E-state index contributed by atoms with van der Waals surface area (Å²) in [5.41, 5.74) is 36.8. The maximum atomic E-state index is 7.28. The fourth-order valence-corrected chi connectivity index (χ4v) is 20.4. The Bertz CT molecular complexity index is 7410. The summed E-state index contributed by atoms with van der Waals surface area (Å²) in [4.78, 5) is 5.49. The Hall–Kier alpha value is -12.8. The molecule has 0 amide bonds. The molecular weight excluding hydrogens is 1510 g/mol. The van der Waals surface area contributed by atoms with Gasteiger partial charge in [-0.1, -0.05) is 303 Å². The highest BCUT2D eigenvalue weighted by Gasteiger charge is 2.47. The molecule has 0 saturated carbocycles. The Labute approximate surface area is 737 Å². The van der Waals surface area contributed by atoms with Gasteiger partial charge < -0.3 is 27.9 Å². The lowest BCUT2D eigenvalue weighted by atomic mass is 9.33. The Morgan fingerprint density at radius 2 is 0.528 bits per heavy atom. The molecule has 0 fully saturated rings. The van der Waals surface area contributed by atoms with E-state index in [-0.39, 0.29) is 44.6 Å². The van der Waals surface area contributed by atoms with Crippen molar-refractivity contribution in [2.75, 3.05) is 9.80 Å². The standard InChI is InChI=1S/C118H112BN5O/c1-112(2,3)74-41-52-96-88(59-74)89-60-75(113(4,5)6)42-53-97(89)120(96)81-47-50-94-102(67-81)123(110-86(72-35-27-23-28-36-72)65-80(118(19,20)21)66-87(110)73-37-29-24-30-38-73)104-69-83(122-100-56-45-78(116(13,14)15)63-92(100)93-64-79(117(16,17)18)46-57-101(93)122)70-105-109(104)119(94)95-51-48-82(121-98-54-43-76(114(7,8)9)61-90(98)91-62-77(115(10,11)12)44-55-99(91)121)68-103(95)124(105)111-84(71-33-25-22-26-34-71)49-58-107-108(111)85-39-31-32-40-106(85)125-107/h22-70H,1-21H3. The van der Waals surface area contributed by atoms with Crippen molar-refractivity contribution >= 4 is 145 Å². The second-order valence-electron chi connectivity index (χ2n) is 43.1. The number of nitrogens with zero attached hydrogens (tertiary/aromatic N) is 5. The first kappa shape index (κ1) is 79.4. The fourth-order valence-electron chi connectivity index (χ4n) is 20.4. The fraction of sp³-hybridized carbons (Fsp3) is 0.237. The molecule has 0 spiro atoms. The van der Waals surface area contributed by atoms with E-state index >= 15 is 0 Å². The van der Waals surface area contributed by atoms with Crippen molar-refractivity contribution < 1.29 is 4.42 Å². The van der Waals surface area contributed by atoms with Gasteiger partial charge in [-0.2, -0.15) is 0 Å². The Balaban J connectivity index is 0.983. The Kier molecular flexibility index (Phi) is 17.7. The Morgan fingerprint density at radius 1 is 0.224 bits per heavy atom. The van der Waals surface area contributed by atoms with Gasteiger partial charge in [-0.15, -0.1) is 0 Å². The van der Waals surface area contributed by atoms with E-state index in [1.54, 1.807) is 0 Å². The largest absolute Gasteiger partial charge is 0.456 e. The van der Waals surface area contributed by atoms with Crippen LogP contribution in [0.2, 0.25) is 0 Å².